The highest BCUT2D eigenvalue weighted by molar-refractivity contribution is 7.62. The zero-order valence-corrected chi connectivity index (χ0v) is 31.6. The third-order valence-corrected chi connectivity index (χ3v) is 10.8. The number of carbonyl (C=O) groups is 2. The van der Waals surface area contributed by atoms with Gasteiger partial charge in [0.15, 0.2) is 0 Å². The molecule has 0 spiro atoms. The van der Waals surface area contributed by atoms with Crippen molar-refractivity contribution >= 4 is 46.6 Å². The maximum absolute atomic E-state index is 13.7. The number of halogens is 2. The van der Waals surface area contributed by atoms with E-state index in [1.54, 1.807) is 48.5 Å². The van der Waals surface area contributed by atoms with Gasteiger partial charge in [0, 0.05) is 11.1 Å². The first-order chi connectivity index (χ1) is 24.4. The Morgan fingerprint density at radius 1 is 0.440 bits per heavy atom. The standard InChI is InChI=1S/C40H53Cl2O7P/c41-39(43)34-22-26-36(27-23-34)46-30-16-9-5-1-3-7-11-18-32-48-50(45,38-20-14-13-15-21-38)49-33-19-12-8-4-2-6-10-17-31-47-37-28-24-35(25-29-37)40(42)44/h13-15,20-29H,1-12,16-19,30-33H2. The molecule has 0 fully saturated rings. The normalized spacial score (nSPS) is 11.4. The quantitative estimate of drug-likeness (QED) is 0.0397. The molecule has 0 saturated carbocycles. The Labute approximate surface area is 308 Å². The Morgan fingerprint density at radius 2 is 0.760 bits per heavy atom. The van der Waals surface area contributed by atoms with Gasteiger partial charge in [-0.05, 0) is 110 Å². The molecule has 10 heteroatoms. The predicted octanol–water partition coefficient (Wildman–Crippen LogP) is 11.7. The first kappa shape index (κ1) is 41.7. The molecule has 0 unspecified atom stereocenters. The van der Waals surface area contributed by atoms with Crippen LogP contribution in [0.25, 0.3) is 0 Å². The number of ether oxygens (including phenoxy) is 2. The van der Waals surface area contributed by atoms with Crippen molar-refractivity contribution in [3.8, 4) is 11.5 Å². The van der Waals surface area contributed by atoms with E-state index in [1.807, 2.05) is 30.3 Å². The van der Waals surface area contributed by atoms with Crippen molar-refractivity contribution in [1.82, 2.24) is 0 Å². The van der Waals surface area contributed by atoms with E-state index in [2.05, 4.69) is 0 Å². The first-order valence-electron chi connectivity index (χ1n) is 18.2. The predicted molar refractivity (Wildman–Crippen MR) is 204 cm³/mol. The van der Waals surface area contributed by atoms with Crippen LogP contribution in [0.5, 0.6) is 11.5 Å². The van der Waals surface area contributed by atoms with Gasteiger partial charge >= 0.3 is 7.60 Å². The van der Waals surface area contributed by atoms with Crippen LogP contribution in [0.15, 0.2) is 78.9 Å². The van der Waals surface area contributed by atoms with E-state index in [-0.39, 0.29) is 0 Å². The van der Waals surface area contributed by atoms with E-state index < -0.39 is 18.1 Å². The molecule has 0 aliphatic carbocycles. The Kier molecular flexibility index (Phi) is 21.1. The minimum absolute atomic E-state index is 0.426. The van der Waals surface area contributed by atoms with Crippen LogP contribution in [0.2, 0.25) is 0 Å². The second-order valence-corrected chi connectivity index (χ2v) is 15.2. The molecule has 0 bridgehead atoms. The number of rotatable bonds is 29. The van der Waals surface area contributed by atoms with Crippen molar-refractivity contribution in [2.45, 2.75) is 103 Å². The van der Waals surface area contributed by atoms with Gasteiger partial charge in [-0.3, -0.25) is 14.2 Å². The van der Waals surface area contributed by atoms with Gasteiger partial charge in [-0.25, -0.2) is 0 Å². The molecular weight excluding hydrogens is 694 g/mol. The third-order valence-electron chi connectivity index (χ3n) is 8.37. The molecule has 0 N–H and O–H groups in total. The summed E-state index contributed by atoms with van der Waals surface area (Å²) in [6.45, 7) is 2.17. The van der Waals surface area contributed by atoms with Gasteiger partial charge in [-0.15, -0.1) is 0 Å². The van der Waals surface area contributed by atoms with Crippen molar-refractivity contribution in [3.05, 3.63) is 90.0 Å². The Balaban J connectivity index is 1.16. The highest BCUT2D eigenvalue weighted by Crippen LogP contribution is 2.47. The lowest BCUT2D eigenvalue weighted by Gasteiger charge is -2.19. The molecule has 0 heterocycles. The molecule has 0 aliphatic rings. The number of carbonyl (C=O) groups excluding carboxylic acids is 2. The summed E-state index contributed by atoms with van der Waals surface area (Å²) in [5.74, 6) is 1.50. The molecule has 3 rings (SSSR count). The molecule has 3 aromatic carbocycles. The van der Waals surface area contributed by atoms with Crippen LogP contribution in [0.4, 0.5) is 0 Å². The van der Waals surface area contributed by atoms with Crippen molar-refractivity contribution in [2.75, 3.05) is 26.4 Å². The van der Waals surface area contributed by atoms with Gasteiger partial charge < -0.3 is 18.5 Å². The summed E-state index contributed by atoms with van der Waals surface area (Å²) in [6.07, 6.45) is 17.3. The second-order valence-electron chi connectivity index (χ2n) is 12.4. The van der Waals surface area contributed by atoms with E-state index in [4.69, 9.17) is 41.7 Å². The van der Waals surface area contributed by atoms with Gasteiger partial charge in [0.05, 0.1) is 31.7 Å². The van der Waals surface area contributed by atoms with Crippen LogP contribution in [-0.4, -0.2) is 36.9 Å². The van der Waals surface area contributed by atoms with Crippen LogP contribution < -0.4 is 14.8 Å². The molecule has 3 aromatic rings. The number of benzene rings is 3. The topological polar surface area (TPSA) is 88.1 Å². The van der Waals surface area contributed by atoms with E-state index in [1.165, 1.54) is 38.5 Å². The van der Waals surface area contributed by atoms with Crippen LogP contribution in [0.3, 0.4) is 0 Å². The third kappa shape index (κ3) is 17.5. The molecule has 50 heavy (non-hydrogen) atoms. The molecule has 0 atom stereocenters. The molecule has 0 aromatic heterocycles. The molecule has 0 amide bonds. The van der Waals surface area contributed by atoms with Gasteiger partial charge in [0.2, 0.25) is 0 Å². The zero-order valence-electron chi connectivity index (χ0n) is 29.2. The Morgan fingerprint density at radius 3 is 1.10 bits per heavy atom. The van der Waals surface area contributed by atoms with Crippen molar-refractivity contribution in [3.63, 3.8) is 0 Å². The zero-order chi connectivity index (χ0) is 35.7. The monoisotopic (exact) mass is 746 g/mol. The molecule has 0 saturated heterocycles. The van der Waals surface area contributed by atoms with Crippen LogP contribution in [0.1, 0.15) is 123 Å². The maximum Gasteiger partial charge on any atom is 0.361 e. The fourth-order valence-electron chi connectivity index (χ4n) is 5.44. The van der Waals surface area contributed by atoms with Crippen molar-refractivity contribution in [1.29, 1.82) is 0 Å². The Bertz CT molecular complexity index is 1320. The van der Waals surface area contributed by atoms with E-state index in [9.17, 15) is 14.2 Å². The molecular formula is C40H53Cl2O7P. The van der Waals surface area contributed by atoms with Gasteiger partial charge in [0.1, 0.15) is 11.5 Å². The lowest BCUT2D eigenvalue weighted by Crippen LogP contribution is -2.11. The summed E-state index contributed by atoms with van der Waals surface area (Å²) < 4.78 is 37.1. The van der Waals surface area contributed by atoms with Gasteiger partial charge in [-0.1, -0.05) is 95.2 Å². The lowest BCUT2D eigenvalue weighted by atomic mass is 10.1. The van der Waals surface area contributed by atoms with Crippen LogP contribution in [0, 0.1) is 0 Å². The van der Waals surface area contributed by atoms with Crippen LogP contribution >= 0.6 is 30.8 Å². The summed E-state index contributed by atoms with van der Waals surface area (Å²) in [4.78, 5) is 22.3. The highest BCUT2D eigenvalue weighted by Gasteiger charge is 2.27. The Hall–Kier alpha value is -2.67. The average molecular weight is 748 g/mol. The minimum atomic E-state index is -3.35. The minimum Gasteiger partial charge on any atom is -0.494 e. The van der Waals surface area contributed by atoms with Crippen LogP contribution in [-0.2, 0) is 13.6 Å². The lowest BCUT2D eigenvalue weighted by molar-refractivity contribution is 0.107. The average Bonchev–Trinajstić information content (AvgIpc) is 3.13. The maximum atomic E-state index is 13.7. The second kappa shape index (κ2) is 25.3. The summed E-state index contributed by atoms with van der Waals surface area (Å²) in [5.41, 5.74) is 0.941. The van der Waals surface area contributed by atoms with E-state index in [0.717, 1.165) is 75.7 Å². The summed E-state index contributed by atoms with van der Waals surface area (Å²) >= 11 is 10.9. The number of unbranched alkanes of at least 4 members (excludes halogenated alkanes) is 14. The summed E-state index contributed by atoms with van der Waals surface area (Å²) in [5, 5.41) is -0.303. The number of hydrogen-bond donors (Lipinski definition) is 0. The smallest absolute Gasteiger partial charge is 0.361 e. The summed E-state index contributed by atoms with van der Waals surface area (Å²) in [7, 11) is -3.35. The van der Waals surface area contributed by atoms with Gasteiger partial charge in [-0.2, -0.15) is 0 Å². The van der Waals surface area contributed by atoms with Gasteiger partial charge in [0.25, 0.3) is 10.5 Å². The highest BCUT2D eigenvalue weighted by atomic mass is 35.5. The van der Waals surface area contributed by atoms with Crippen molar-refractivity contribution in [2.24, 2.45) is 0 Å². The van der Waals surface area contributed by atoms with E-state index >= 15 is 0 Å². The number of hydrogen-bond acceptors (Lipinski definition) is 7. The van der Waals surface area contributed by atoms with Crippen molar-refractivity contribution < 1.29 is 32.7 Å². The first-order valence-corrected chi connectivity index (χ1v) is 20.5. The molecule has 7 nitrogen and oxygen atoms in total. The largest absolute Gasteiger partial charge is 0.494 e. The van der Waals surface area contributed by atoms with E-state index in [0.29, 0.717) is 42.9 Å². The molecule has 274 valence electrons. The fraction of sp³-hybridized carbons (Fsp3) is 0.500. The molecule has 0 aliphatic heterocycles. The molecule has 0 radical (unpaired) electrons. The fourth-order valence-corrected chi connectivity index (χ4v) is 7.34. The summed E-state index contributed by atoms with van der Waals surface area (Å²) in [6, 6.07) is 23.1. The SMILES string of the molecule is O=C(Cl)c1ccc(OCCCCCCCCCCOP(=O)(OCCCCCCCCCCOc2ccc(C(=O)Cl)cc2)c2ccccc2)cc1.